The van der Waals surface area contributed by atoms with Crippen LogP contribution in [0.4, 0.5) is 0 Å². The number of ether oxygens (including phenoxy) is 3. The second-order valence-corrected chi connectivity index (χ2v) is 37.1. The second-order valence-electron chi connectivity index (χ2n) is 22.7. The maximum atomic E-state index is 13.8. The molecule has 0 saturated heterocycles. The zero-order valence-corrected chi connectivity index (χ0v) is 46.7. The van der Waals surface area contributed by atoms with Crippen LogP contribution in [0.2, 0.25) is 54.4 Å². The van der Waals surface area contributed by atoms with E-state index in [9.17, 15) is 4.79 Å². The van der Waals surface area contributed by atoms with E-state index in [1.54, 1.807) is 13.2 Å². The molecular weight excluding hydrogens is 821 g/mol. The van der Waals surface area contributed by atoms with E-state index in [1.165, 1.54) is 0 Å². The van der Waals surface area contributed by atoms with E-state index >= 15 is 0 Å². The fourth-order valence-corrected chi connectivity index (χ4v) is 9.93. The maximum absolute atomic E-state index is 13.8. The molecule has 356 valence electrons. The van der Waals surface area contributed by atoms with Crippen molar-refractivity contribution in [3.05, 3.63) is 78.4 Å². The lowest BCUT2D eigenvalue weighted by Crippen LogP contribution is -2.45. The molecular formula is C52H94O7Si3. The van der Waals surface area contributed by atoms with Crippen molar-refractivity contribution in [2.75, 3.05) is 13.7 Å². The van der Waals surface area contributed by atoms with E-state index in [1.807, 2.05) is 37.3 Å². The Hall–Kier alpha value is -2.06. The zero-order valence-electron chi connectivity index (χ0n) is 43.7. The molecule has 1 aromatic rings. The monoisotopic (exact) mass is 915 g/mol. The van der Waals surface area contributed by atoms with E-state index < -0.39 is 25.0 Å². The third kappa shape index (κ3) is 19.2. The number of esters is 1. The molecule has 1 aromatic carbocycles. The Kier molecular flexibility index (Phi) is 22.9. The Balaban J connectivity index is 3.42. The standard InChI is InChI=1S/C52H94O7Si3/c1-24-26-39(3)48(34-41(5)43(7)58-61(20,21)51(11,12)13)57-49(53)35-40(4)42(6)47(59-62(22,23)52(14,15)16)28-25-27-46(55-37-44-29-31-45(54-17)32-30-44)33-38(2)36-56-60(18,19)50(8,9)10/h24-25,28-32,35,39,41-43,46-48H,1-2,26-27,33-34,36-37H2,3-23H3/b28-25+,40-35+/t39-,41-,42+,43+,46+,47+,48+/m1/s1. The van der Waals surface area contributed by atoms with Crippen LogP contribution < -0.4 is 4.74 Å². The smallest absolute Gasteiger partial charge is 0.330 e. The number of hydrogen-bond donors (Lipinski definition) is 0. The summed E-state index contributed by atoms with van der Waals surface area (Å²) in [6.45, 7) is 54.2. The number of carbonyl (C=O) groups excluding carboxylic acids is 1. The van der Waals surface area contributed by atoms with E-state index in [0.29, 0.717) is 26.1 Å². The lowest BCUT2D eigenvalue weighted by Gasteiger charge is -2.40. The average molecular weight is 916 g/mol. The van der Waals surface area contributed by atoms with Crippen LogP contribution in [0, 0.1) is 17.8 Å². The molecule has 0 bridgehead atoms. The lowest BCUT2D eigenvalue weighted by molar-refractivity contribution is -0.147. The quantitative estimate of drug-likeness (QED) is 0.0397. The van der Waals surface area contributed by atoms with Gasteiger partial charge in [0.05, 0.1) is 32.5 Å². The summed E-state index contributed by atoms with van der Waals surface area (Å²) in [4.78, 5) is 13.8. The molecule has 0 aromatic heterocycles. The van der Waals surface area contributed by atoms with Gasteiger partial charge in [0.1, 0.15) is 11.9 Å². The summed E-state index contributed by atoms with van der Waals surface area (Å²) in [6.07, 6.45) is 10.2. The first-order valence-electron chi connectivity index (χ1n) is 23.2. The lowest BCUT2D eigenvalue weighted by atomic mass is 9.90. The molecule has 0 N–H and O–H groups in total. The van der Waals surface area contributed by atoms with Crippen LogP contribution in [0.3, 0.4) is 0 Å². The highest BCUT2D eigenvalue weighted by Gasteiger charge is 2.41. The highest BCUT2D eigenvalue weighted by molar-refractivity contribution is 6.75. The predicted molar refractivity (Wildman–Crippen MR) is 273 cm³/mol. The van der Waals surface area contributed by atoms with Gasteiger partial charge < -0.3 is 27.5 Å². The fourth-order valence-electron chi connectivity index (χ4n) is 6.10. The van der Waals surface area contributed by atoms with Gasteiger partial charge in [-0.25, -0.2) is 4.79 Å². The minimum Gasteiger partial charge on any atom is -0.497 e. The molecule has 0 amide bonds. The number of carbonyl (C=O) groups is 1. The number of methoxy groups -OCH3 is 1. The predicted octanol–water partition coefficient (Wildman–Crippen LogP) is 15.0. The van der Waals surface area contributed by atoms with Gasteiger partial charge in [0, 0.05) is 18.1 Å². The zero-order chi connectivity index (χ0) is 48.1. The summed E-state index contributed by atoms with van der Waals surface area (Å²) in [5.74, 6) is 0.744. The van der Waals surface area contributed by atoms with Crippen LogP contribution in [0.15, 0.2) is 72.9 Å². The first-order valence-corrected chi connectivity index (χ1v) is 32.0. The first kappa shape index (κ1) is 58.0. The highest BCUT2D eigenvalue weighted by Crippen LogP contribution is 2.41. The van der Waals surface area contributed by atoms with Crippen molar-refractivity contribution < 1.29 is 32.3 Å². The van der Waals surface area contributed by atoms with Crippen LogP contribution in [0.5, 0.6) is 5.75 Å². The van der Waals surface area contributed by atoms with Gasteiger partial charge in [-0.05, 0) is 123 Å². The molecule has 0 heterocycles. The van der Waals surface area contributed by atoms with Crippen molar-refractivity contribution in [2.24, 2.45) is 17.8 Å². The van der Waals surface area contributed by atoms with Gasteiger partial charge >= 0.3 is 5.97 Å². The Bertz CT molecular complexity index is 1590. The SMILES string of the molecule is C=CC[C@@H](C)[C@H](C[C@@H](C)[C@H](C)O[Si](C)(C)C(C)(C)C)OC(=O)/C=C(\C)[C@H](C)[C@H](/C=C/C[C@@H](CC(=C)CO[Si](C)(C)C(C)(C)C)OCc1ccc(OC)cc1)O[Si](C)(C)C(C)(C)C. The van der Waals surface area contributed by atoms with E-state index in [0.717, 1.165) is 35.3 Å². The Morgan fingerprint density at radius 3 is 1.81 bits per heavy atom. The third-order valence-corrected chi connectivity index (χ3v) is 27.8. The van der Waals surface area contributed by atoms with Gasteiger partial charge in [0.2, 0.25) is 0 Å². The molecule has 10 heteroatoms. The van der Waals surface area contributed by atoms with Gasteiger partial charge in [-0.2, -0.15) is 0 Å². The van der Waals surface area contributed by atoms with E-state index in [4.69, 9.17) is 27.5 Å². The molecule has 7 nitrogen and oxygen atoms in total. The summed E-state index contributed by atoms with van der Waals surface area (Å²) >= 11 is 0. The fraction of sp³-hybridized carbons (Fsp3) is 0.712. The first-order chi connectivity index (χ1) is 28.2. The molecule has 0 aliphatic heterocycles. The van der Waals surface area contributed by atoms with Gasteiger partial charge in [-0.15, -0.1) is 6.58 Å². The molecule has 7 atom stereocenters. The van der Waals surface area contributed by atoms with Crippen LogP contribution in [0.1, 0.15) is 128 Å². The molecule has 0 radical (unpaired) electrons. The van der Waals surface area contributed by atoms with Crippen LogP contribution in [-0.4, -0.2) is 69.1 Å². The Morgan fingerprint density at radius 1 is 0.774 bits per heavy atom. The molecule has 62 heavy (non-hydrogen) atoms. The number of benzene rings is 1. The number of hydrogen-bond acceptors (Lipinski definition) is 7. The van der Waals surface area contributed by atoms with Gasteiger partial charge in [0.15, 0.2) is 25.0 Å². The molecule has 0 aliphatic rings. The highest BCUT2D eigenvalue weighted by atomic mass is 28.4. The van der Waals surface area contributed by atoms with E-state index in [2.05, 4.69) is 155 Å². The van der Waals surface area contributed by atoms with Crippen molar-refractivity contribution in [3.63, 3.8) is 0 Å². The van der Waals surface area contributed by atoms with Gasteiger partial charge in [-0.3, -0.25) is 0 Å². The topological polar surface area (TPSA) is 72.5 Å². The molecule has 0 fully saturated rings. The number of allylic oxidation sites excluding steroid dienone is 1. The minimum atomic E-state index is -2.22. The molecule has 0 spiro atoms. The molecule has 0 saturated carbocycles. The van der Waals surface area contributed by atoms with Gasteiger partial charge in [-0.1, -0.05) is 131 Å². The largest absolute Gasteiger partial charge is 0.497 e. The van der Waals surface area contributed by atoms with E-state index in [-0.39, 0.29) is 63.3 Å². The molecule has 1 rings (SSSR count). The van der Waals surface area contributed by atoms with Crippen LogP contribution in [-0.2, 0) is 34.2 Å². The number of rotatable bonds is 26. The van der Waals surface area contributed by atoms with Crippen molar-refractivity contribution in [2.45, 2.75) is 208 Å². The van der Waals surface area contributed by atoms with Crippen molar-refractivity contribution in [1.82, 2.24) is 0 Å². The Morgan fingerprint density at radius 2 is 1.31 bits per heavy atom. The second kappa shape index (κ2) is 24.5. The molecule has 0 unspecified atom stereocenters. The maximum Gasteiger partial charge on any atom is 0.330 e. The van der Waals surface area contributed by atoms with Crippen LogP contribution in [0.25, 0.3) is 0 Å². The summed E-state index contributed by atoms with van der Waals surface area (Å²) < 4.78 is 38.8. The van der Waals surface area contributed by atoms with Crippen molar-refractivity contribution >= 4 is 30.9 Å². The van der Waals surface area contributed by atoms with Gasteiger partial charge in [0.25, 0.3) is 0 Å². The third-order valence-electron chi connectivity index (χ3n) is 14.3. The minimum absolute atomic E-state index is 0.00208. The normalized spacial score (nSPS) is 17.2. The summed E-state index contributed by atoms with van der Waals surface area (Å²) in [6, 6.07) is 8.01. The molecule has 0 aliphatic carbocycles. The summed E-state index contributed by atoms with van der Waals surface area (Å²) in [5.41, 5.74) is 3.02. The van der Waals surface area contributed by atoms with Crippen molar-refractivity contribution in [3.8, 4) is 5.75 Å². The Labute approximate surface area is 385 Å². The summed E-state index contributed by atoms with van der Waals surface area (Å²) in [7, 11) is -4.45. The average Bonchev–Trinajstić information content (AvgIpc) is 3.13. The van der Waals surface area contributed by atoms with Crippen LogP contribution >= 0.6 is 0 Å². The summed E-state index contributed by atoms with van der Waals surface area (Å²) in [5, 5.41) is 0.228. The van der Waals surface area contributed by atoms with Crippen molar-refractivity contribution in [1.29, 1.82) is 0 Å².